The maximum Gasteiger partial charge on any atom is 0.410 e. The number of nitrogens with zero attached hydrogens (tertiary/aromatic N) is 2. The molecule has 2 unspecified atom stereocenters. The first-order chi connectivity index (χ1) is 12.8. The molecule has 1 aromatic carbocycles. The van der Waals surface area contributed by atoms with Gasteiger partial charge in [-0.2, -0.15) is 5.26 Å². The van der Waals surface area contributed by atoms with Crippen LogP contribution in [0.5, 0.6) is 5.75 Å². The summed E-state index contributed by atoms with van der Waals surface area (Å²) in [6, 6.07) is 10.2. The van der Waals surface area contributed by atoms with Crippen molar-refractivity contribution in [2.24, 2.45) is 0 Å². The number of hydrogen-bond acceptors (Lipinski definition) is 4. The lowest BCUT2D eigenvalue weighted by atomic mass is 9.60. The van der Waals surface area contributed by atoms with Gasteiger partial charge in [-0.25, -0.2) is 4.79 Å². The molecule has 0 N–H and O–H groups in total. The summed E-state index contributed by atoms with van der Waals surface area (Å²) in [5.74, 6) is 0.815. The minimum absolute atomic E-state index is 0.0896. The third-order valence-corrected chi connectivity index (χ3v) is 5.62. The molecule has 27 heavy (non-hydrogen) atoms. The number of ether oxygens (including phenoxy) is 2. The van der Waals surface area contributed by atoms with Crippen LogP contribution in [0.3, 0.4) is 0 Å². The van der Waals surface area contributed by atoms with Crippen LogP contribution >= 0.6 is 0 Å². The van der Waals surface area contributed by atoms with Crippen LogP contribution in [-0.2, 0) is 10.2 Å². The van der Waals surface area contributed by atoms with Crippen molar-refractivity contribution in [1.82, 2.24) is 4.90 Å². The first-order valence-corrected chi connectivity index (χ1v) is 9.55. The highest BCUT2D eigenvalue weighted by Gasteiger charge is 2.49. The Morgan fingerprint density at radius 3 is 2.81 bits per heavy atom. The van der Waals surface area contributed by atoms with Gasteiger partial charge in [-0.1, -0.05) is 12.1 Å². The van der Waals surface area contributed by atoms with E-state index in [1.807, 2.05) is 37.8 Å². The zero-order chi connectivity index (χ0) is 19.7. The quantitative estimate of drug-likeness (QED) is 0.717. The predicted molar refractivity (Wildman–Crippen MR) is 104 cm³/mol. The fourth-order valence-electron chi connectivity index (χ4n) is 4.50. The summed E-state index contributed by atoms with van der Waals surface area (Å²) in [6.07, 6.45) is 4.98. The van der Waals surface area contributed by atoms with E-state index in [2.05, 4.69) is 18.2 Å². The summed E-state index contributed by atoms with van der Waals surface area (Å²) in [6.45, 7) is 6.26. The number of methoxy groups -OCH3 is 1. The van der Waals surface area contributed by atoms with Crippen LogP contribution in [0.2, 0.25) is 0 Å². The molecule has 2 fully saturated rings. The standard InChI is InChI=1S/C22H28N2O3/c1-21(2,3)27-20(25)24-14-12-22(16-7-5-8-17(15-16)26-4)11-6-9-19(24)18(22)10-13-23/h5,7-8,10,15,19H,6,9,11-12,14H2,1-4H3/b18-10+. The number of piperidine rings is 1. The number of hydrogen-bond donors (Lipinski definition) is 0. The second kappa shape index (κ2) is 7.26. The summed E-state index contributed by atoms with van der Waals surface area (Å²) < 4.78 is 11.0. The van der Waals surface area contributed by atoms with Crippen molar-refractivity contribution in [2.45, 2.75) is 63.5 Å². The SMILES string of the molecule is COc1cccc(C23CCCC(/C2=C\C#N)N(C(=O)OC(C)(C)C)CC3)c1. The van der Waals surface area contributed by atoms with Crippen LogP contribution in [-0.4, -0.2) is 36.3 Å². The molecular formula is C22H28N2O3. The number of rotatable bonds is 2. The van der Waals surface area contributed by atoms with Gasteiger partial charge in [0.15, 0.2) is 0 Å². The second-order valence-corrected chi connectivity index (χ2v) is 8.37. The molecule has 2 bridgehead atoms. The first-order valence-electron chi connectivity index (χ1n) is 9.55. The van der Waals surface area contributed by atoms with Crippen LogP contribution in [0.4, 0.5) is 4.79 Å². The van der Waals surface area contributed by atoms with Crippen molar-refractivity contribution in [1.29, 1.82) is 5.26 Å². The van der Waals surface area contributed by atoms with Crippen molar-refractivity contribution in [3.63, 3.8) is 0 Å². The molecule has 1 amide bonds. The Morgan fingerprint density at radius 2 is 2.15 bits per heavy atom. The molecule has 0 spiro atoms. The van der Waals surface area contributed by atoms with Gasteiger partial charge < -0.3 is 14.4 Å². The van der Waals surface area contributed by atoms with E-state index >= 15 is 0 Å². The molecule has 1 saturated heterocycles. The van der Waals surface area contributed by atoms with E-state index in [4.69, 9.17) is 9.47 Å². The van der Waals surface area contributed by atoms with Gasteiger partial charge in [-0.05, 0) is 69.7 Å². The minimum atomic E-state index is -0.536. The summed E-state index contributed by atoms with van der Waals surface area (Å²) >= 11 is 0. The van der Waals surface area contributed by atoms with E-state index < -0.39 is 5.60 Å². The summed E-state index contributed by atoms with van der Waals surface area (Å²) in [5, 5.41) is 9.46. The van der Waals surface area contributed by atoms with E-state index in [0.717, 1.165) is 42.6 Å². The highest BCUT2D eigenvalue weighted by Crippen LogP contribution is 2.51. The van der Waals surface area contributed by atoms with Gasteiger partial charge in [0.1, 0.15) is 11.4 Å². The van der Waals surface area contributed by atoms with Crippen LogP contribution in [0.25, 0.3) is 0 Å². The molecule has 0 aromatic heterocycles. The minimum Gasteiger partial charge on any atom is -0.497 e. The van der Waals surface area contributed by atoms with E-state index in [1.54, 1.807) is 13.2 Å². The van der Waals surface area contributed by atoms with Crippen molar-refractivity contribution in [3.05, 3.63) is 41.5 Å². The maximum absolute atomic E-state index is 12.8. The summed E-state index contributed by atoms with van der Waals surface area (Å²) in [7, 11) is 1.66. The highest BCUT2D eigenvalue weighted by molar-refractivity contribution is 5.70. The largest absolute Gasteiger partial charge is 0.497 e. The average molecular weight is 368 g/mol. The lowest BCUT2D eigenvalue weighted by Crippen LogP contribution is -2.56. The Morgan fingerprint density at radius 1 is 1.37 bits per heavy atom. The molecule has 144 valence electrons. The van der Waals surface area contributed by atoms with Crippen LogP contribution < -0.4 is 4.74 Å². The Kier molecular flexibility index (Phi) is 5.19. The molecule has 1 aliphatic carbocycles. The average Bonchev–Trinajstić information content (AvgIpc) is 2.60. The highest BCUT2D eigenvalue weighted by atomic mass is 16.6. The number of allylic oxidation sites excluding steroid dienone is 1. The number of benzene rings is 1. The van der Waals surface area contributed by atoms with Gasteiger partial charge in [-0.15, -0.1) is 0 Å². The number of carbonyl (C=O) groups is 1. The molecule has 1 saturated carbocycles. The van der Waals surface area contributed by atoms with Crippen LogP contribution in [0.1, 0.15) is 52.0 Å². The number of likely N-dealkylation sites (tertiary alicyclic amines) is 1. The molecule has 3 rings (SSSR count). The van der Waals surface area contributed by atoms with Gasteiger partial charge in [-0.3, -0.25) is 0 Å². The topological polar surface area (TPSA) is 62.6 Å². The lowest BCUT2D eigenvalue weighted by Gasteiger charge is -2.52. The van der Waals surface area contributed by atoms with E-state index in [0.29, 0.717) is 6.54 Å². The fourth-order valence-corrected chi connectivity index (χ4v) is 4.50. The molecule has 1 aliphatic heterocycles. The van der Waals surface area contributed by atoms with Crippen LogP contribution in [0.15, 0.2) is 35.9 Å². The molecule has 1 aromatic rings. The zero-order valence-corrected chi connectivity index (χ0v) is 16.6. The molecule has 1 heterocycles. The number of carbonyl (C=O) groups excluding carboxylic acids is 1. The summed E-state index contributed by atoms with van der Waals surface area (Å²) in [5.41, 5.74) is 1.44. The second-order valence-electron chi connectivity index (χ2n) is 8.37. The molecule has 2 atom stereocenters. The van der Waals surface area contributed by atoms with Crippen molar-refractivity contribution in [3.8, 4) is 11.8 Å². The smallest absolute Gasteiger partial charge is 0.410 e. The van der Waals surface area contributed by atoms with Gasteiger partial charge in [0.05, 0.1) is 19.2 Å². The maximum atomic E-state index is 12.8. The predicted octanol–water partition coefficient (Wildman–Crippen LogP) is 4.58. The van der Waals surface area contributed by atoms with Gasteiger partial charge in [0.25, 0.3) is 0 Å². The lowest BCUT2D eigenvalue weighted by molar-refractivity contribution is 0.00599. The Balaban J connectivity index is 2.00. The monoisotopic (exact) mass is 368 g/mol. The molecule has 5 heteroatoms. The number of nitriles is 1. The normalized spacial score (nSPS) is 26.4. The fraction of sp³-hybridized carbons (Fsp3) is 0.545. The number of amides is 1. The molecule has 2 aliphatic rings. The van der Waals surface area contributed by atoms with Crippen LogP contribution in [0, 0.1) is 11.3 Å². The third kappa shape index (κ3) is 3.66. The van der Waals surface area contributed by atoms with Gasteiger partial charge >= 0.3 is 6.09 Å². The number of fused-ring (bicyclic) bond motifs is 2. The van der Waals surface area contributed by atoms with Gasteiger partial charge in [0, 0.05) is 18.0 Å². The van der Waals surface area contributed by atoms with E-state index in [-0.39, 0.29) is 17.6 Å². The Bertz CT molecular complexity index is 787. The zero-order valence-electron chi connectivity index (χ0n) is 16.6. The Labute approximate surface area is 161 Å². The van der Waals surface area contributed by atoms with Crippen molar-refractivity contribution >= 4 is 6.09 Å². The van der Waals surface area contributed by atoms with Crippen molar-refractivity contribution < 1.29 is 14.3 Å². The van der Waals surface area contributed by atoms with E-state index in [9.17, 15) is 10.1 Å². The Hall–Kier alpha value is -2.48. The molecule has 0 radical (unpaired) electrons. The molecular weight excluding hydrogens is 340 g/mol. The summed E-state index contributed by atoms with van der Waals surface area (Å²) in [4.78, 5) is 14.6. The first kappa shape index (κ1) is 19.3. The van der Waals surface area contributed by atoms with Crippen molar-refractivity contribution in [2.75, 3.05) is 13.7 Å². The van der Waals surface area contributed by atoms with E-state index in [1.165, 1.54) is 0 Å². The molecule has 5 nitrogen and oxygen atoms in total. The third-order valence-electron chi connectivity index (χ3n) is 5.62. The van der Waals surface area contributed by atoms with Gasteiger partial charge in [0.2, 0.25) is 0 Å².